The summed E-state index contributed by atoms with van der Waals surface area (Å²) in [6, 6.07) is 12.3. The van der Waals surface area contributed by atoms with Crippen molar-refractivity contribution < 1.29 is 18.4 Å². The van der Waals surface area contributed by atoms with Crippen LogP contribution in [0, 0.1) is 11.6 Å². The molecule has 8 heteroatoms. The second kappa shape index (κ2) is 10.6. The van der Waals surface area contributed by atoms with Gasteiger partial charge in [0.1, 0.15) is 17.3 Å². The Morgan fingerprint density at radius 2 is 1.57 bits per heavy atom. The minimum atomic E-state index is -0.519. The fraction of sp³-hybridized carbons (Fsp3) is 0.370. The number of nitrogens with one attached hydrogen (secondary N) is 1. The maximum Gasteiger partial charge on any atom is 0.271 e. The van der Waals surface area contributed by atoms with Crippen LogP contribution in [0.5, 0.6) is 0 Å². The van der Waals surface area contributed by atoms with Crippen molar-refractivity contribution in [2.45, 2.75) is 51.0 Å². The van der Waals surface area contributed by atoms with Crippen LogP contribution < -0.4 is 5.32 Å². The minimum Gasteiger partial charge on any atom is -0.345 e. The Hall–Kier alpha value is -3.13. The van der Waals surface area contributed by atoms with E-state index in [1.807, 2.05) is 18.7 Å². The van der Waals surface area contributed by atoms with Gasteiger partial charge in [-0.15, -0.1) is 11.3 Å². The summed E-state index contributed by atoms with van der Waals surface area (Å²) in [4.78, 5) is 31.9. The smallest absolute Gasteiger partial charge is 0.271 e. The second-order valence-corrected chi connectivity index (χ2v) is 10.6. The van der Waals surface area contributed by atoms with Crippen molar-refractivity contribution >= 4 is 23.2 Å². The molecule has 3 aromatic rings. The minimum absolute atomic E-state index is 0.0395. The SMILES string of the molecule is CC(C)(Cc1ccc(F)cc1)NC(=O)c1csc(C2CCN(C(=O)Cc3ccc(F)cc3)CC2)n1. The molecule has 0 unspecified atom stereocenters. The van der Waals surface area contributed by atoms with Crippen LogP contribution >= 0.6 is 11.3 Å². The molecule has 5 nitrogen and oxygen atoms in total. The number of aromatic nitrogens is 1. The maximum atomic E-state index is 13.2. The van der Waals surface area contributed by atoms with Crippen molar-refractivity contribution in [1.29, 1.82) is 0 Å². The van der Waals surface area contributed by atoms with E-state index in [-0.39, 0.29) is 35.8 Å². The standard InChI is InChI=1S/C27H29F2N3O2S/c1-27(2,16-19-5-9-22(29)10-6-19)31-25(34)23-17-35-26(30-23)20-11-13-32(14-12-20)24(33)15-18-3-7-21(28)8-4-18/h3-10,17,20H,11-16H2,1-2H3,(H,31,34). The first-order valence-electron chi connectivity index (χ1n) is 11.7. The van der Waals surface area contributed by atoms with Crippen molar-refractivity contribution in [1.82, 2.24) is 15.2 Å². The number of benzene rings is 2. The number of carbonyl (C=O) groups excluding carboxylic acids is 2. The molecule has 0 saturated carbocycles. The van der Waals surface area contributed by atoms with E-state index >= 15 is 0 Å². The number of likely N-dealkylation sites (tertiary alicyclic amines) is 1. The first-order chi connectivity index (χ1) is 16.7. The highest BCUT2D eigenvalue weighted by atomic mass is 32.1. The molecular formula is C27H29F2N3O2S. The monoisotopic (exact) mass is 497 g/mol. The van der Waals surface area contributed by atoms with E-state index < -0.39 is 5.54 Å². The Kier molecular flexibility index (Phi) is 7.60. The van der Waals surface area contributed by atoms with Crippen molar-refractivity contribution in [3.05, 3.63) is 87.4 Å². The highest BCUT2D eigenvalue weighted by molar-refractivity contribution is 7.09. The first kappa shape index (κ1) is 25.0. The van der Waals surface area contributed by atoms with E-state index in [9.17, 15) is 18.4 Å². The fourth-order valence-corrected chi connectivity index (χ4v) is 5.34. The Morgan fingerprint density at radius 1 is 1.00 bits per heavy atom. The summed E-state index contributed by atoms with van der Waals surface area (Å²) in [5.74, 6) is -0.573. The van der Waals surface area contributed by atoms with E-state index in [2.05, 4.69) is 10.3 Å². The lowest BCUT2D eigenvalue weighted by molar-refractivity contribution is -0.131. The number of hydrogen-bond donors (Lipinski definition) is 1. The average Bonchev–Trinajstić information content (AvgIpc) is 3.32. The maximum absolute atomic E-state index is 13.2. The zero-order valence-corrected chi connectivity index (χ0v) is 20.7. The topological polar surface area (TPSA) is 62.3 Å². The third kappa shape index (κ3) is 6.72. The predicted molar refractivity (Wildman–Crippen MR) is 132 cm³/mol. The third-order valence-corrected chi connectivity index (χ3v) is 7.24. The summed E-state index contributed by atoms with van der Waals surface area (Å²) in [6.07, 6.45) is 2.42. The summed E-state index contributed by atoms with van der Waals surface area (Å²) in [5, 5.41) is 5.73. The molecule has 2 aromatic carbocycles. The van der Waals surface area contributed by atoms with Crippen LogP contribution in [-0.4, -0.2) is 40.3 Å². The van der Waals surface area contributed by atoms with Crippen LogP contribution in [0.4, 0.5) is 8.78 Å². The van der Waals surface area contributed by atoms with Gasteiger partial charge in [0.05, 0.1) is 11.4 Å². The van der Waals surface area contributed by atoms with Crippen LogP contribution in [0.1, 0.15) is 59.2 Å². The van der Waals surface area contributed by atoms with Crippen LogP contribution in [0.15, 0.2) is 53.9 Å². The Labute approximate surface area is 208 Å². The molecule has 1 aliphatic heterocycles. The summed E-state index contributed by atoms with van der Waals surface area (Å²) in [6.45, 7) is 5.13. The second-order valence-electron chi connectivity index (χ2n) is 9.67. The van der Waals surface area contributed by atoms with Gasteiger partial charge in [-0.2, -0.15) is 0 Å². The number of rotatable bonds is 7. The number of halogens is 2. The molecule has 184 valence electrons. The zero-order chi connectivity index (χ0) is 25.0. The Bertz CT molecular complexity index is 1170. The van der Waals surface area contributed by atoms with Crippen molar-refractivity contribution in [2.75, 3.05) is 13.1 Å². The lowest BCUT2D eigenvalue weighted by Gasteiger charge is -2.31. The molecule has 1 fully saturated rings. The van der Waals surface area contributed by atoms with Crippen molar-refractivity contribution in [3.63, 3.8) is 0 Å². The summed E-state index contributed by atoms with van der Waals surface area (Å²) >= 11 is 1.48. The quantitative estimate of drug-likeness (QED) is 0.493. The van der Waals surface area contributed by atoms with Gasteiger partial charge in [0, 0.05) is 29.9 Å². The van der Waals surface area contributed by atoms with Crippen LogP contribution in [-0.2, 0) is 17.6 Å². The molecule has 1 aliphatic rings. The number of thiazole rings is 1. The normalized spacial score (nSPS) is 14.7. The van der Waals surface area contributed by atoms with Gasteiger partial charge in [0.2, 0.25) is 5.91 Å². The Balaban J connectivity index is 1.29. The van der Waals surface area contributed by atoms with E-state index in [0.717, 1.165) is 29.0 Å². The number of amides is 2. The number of nitrogens with zero attached hydrogens (tertiary/aromatic N) is 2. The highest BCUT2D eigenvalue weighted by Crippen LogP contribution is 2.31. The molecule has 4 rings (SSSR count). The first-order valence-corrected chi connectivity index (χ1v) is 12.6. The zero-order valence-electron chi connectivity index (χ0n) is 19.9. The molecule has 1 saturated heterocycles. The molecule has 1 aromatic heterocycles. The summed E-state index contributed by atoms with van der Waals surface area (Å²) in [7, 11) is 0. The lowest BCUT2D eigenvalue weighted by Crippen LogP contribution is -2.45. The summed E-state index contributed by atoms with van der Waals surface area (Å²) < 4.78 is 26.2. The van der Waals surface area contributed by atoms with Crippen LogP contribution in [0.2, 0.25) is 0 Å². The van der Waals surface area contributed by atoms with Gasteiger partial charge in [-0.3, -0.25) is 9.59 Å². The predicted octanol–water partition coefficient (Wildman–Crippen LogP) is 5.12. The molecule has 0 radical (unpaired) electrons. The molecule has 2 heterocycles. The van der Waals surface area contributed by atoms with Gasteiger partial charge in [0.25, 0.3) is 5.91 Å². The number of piperidine rings is 1. The van der Waals surface area contributed by atoms with E-state index in [1.165, 1.54) is 35.6 Å². The fourth-order valence-electron chi connectivity index (χ4n) is 4.37. The van der Waals surface area contributed by atoms with Gasteiger partial charge in [0.15, 0.2) is 0 Å². The lowest BCUT2D eigenvalue weighted by atomic mass is 9.94. The van der Waals surface area contributed by atoms with Crippen molar-refractivity contribution in [2.24, 2.45) is 0 Å². The van der Waals surface area contributed by atoms with Crippen molar-refractivity contribution in [3.8, 4) is 0 Å². The van der Waals surface area contributed by atoms with E-state index in [4.69, 9.17) is 0 Å². The van der Waals surface area contributed by atoms with Gasteiger partial charge in [-0.05, 0) is 68.5 Å². The third-order valence-electron chi connectivity index (χ3n) is 6.23. The van der Waals surface area contributed by atoms with Gasteiger partial charge >= 0.3 is 0 Å². The van der Waals surface area contributed by atoms with Crippen LogP contribution in [0.25, 0.3) is 0 Å². The molecule has 35 heavy (non-hydrogen) atoms. The largest absolute Gasteiger partial charge is 0.345 e. The molecule has 0 spiro atoms. The van der Waals surface area contributed by atoms with Gasteiger partial charge < -0.3 is 10.2 Å². The molecular weight excluding hydrogens is 468 g/mol. The molecule has 2 amide bonds. The van der Waals surface area contributed by atoms with Gasteiger partial charge in [-0.25, -0.2) is 13.8 Å². The number of hydrogen-bond acceptors (Lipinski definition) is 4. The van der Waals surface area contributed by atoms with E-state index in [1.54, 1.807) is 29.6 Å². The van der Waals surface area contributed by atoms with Gasteiger partial charge in [-0.1, -0.05) is 24.3 Å². The van der Waals surface area contributed by atoms with Crippen LogP contribution in [0.3, 0.4) is 0 Å². The summed E-state index contributed by atoms with van der Waals surface area (Å²) in [5.41, 5.74) is 1.62. The molecule has 0 bridgehead atoms. The molecule has 1 N–H and O–H groups in total. The number of carbonyl (C=O) groups is 2. The average molecular weight is 498 g/mol. The molecule has 0 aliphatic carbocycles. The molecule has 0 atom stereocenters. The Morgan fingerprint density at radius 3 is 2.17 bits per heavy atom. The van der Waals surface area contributed by atoms with E-state index in [0.29, 0.717) is 25.2 Å². The highest BCUT2D eigenvalue weighted by Gasteiger charge is 2.28.